The van der Waals surface area contributed by atoms with E-state index in [1.54, 1.807) is 16.9 Å². The van der Waals surface area contributed by atoms with Crippen LogP contribution in [0.3, 0.4) is 0 Å². The third-order valence-corrected chi connectivity index (χ3v) is 19.1. The first-order valence-corrected chi connectivity index (χ1v) is 28.0. The smallest absolute Gasteiger partial charge is 0.166 e. The van der Waals surface area contributed by atoms with E-state index in [1.165, 1.54) is 65.6 Å². The molecule has 2 aliphatic heterocycles. The van der Waals surface area contributed by atoms with Crippen molar-refractivity contribution in [2.75, 3.05) is 4.90 Å². The van der Waals surface area contributed by atoms with Gasteiger partial charge in [-0.05, 0) is 114 Å². The lowest BCUT2D eigenvalue weighted by molar-refractivity contribution is 0.477. The van der Waals surface area contributed by atoms with Gasteiger partial charge in [0.05, 0.1) is 27.9 Å². The van der Waals surface area contributed by atoms with E-state index < -0.39 is 5.54 Å². The second-order valence-corrected chi connectivity index (χ2v) is 23.2. The molecule has 4 atom stereocenters. The van der Waals surface area contributed by atoms with Crippen molar-refractivity contribution in [1.29, 1.82) is 0 Å². The summed E-state index contributed by atoms with van der Waals surface area (Å²) in [7, 11) is 0. The molecule has 7 heteroatoms. The first-order chi connectivity index (χ1) is 38.3. The number of thiophene rings is 1. The number of benzene rings is 9. The number of para-hydroxylation sites is 5. The highest BCUT2D eigenvalue weighted by Crippen LogP contribution is 2.68. The van der Waals surface area contributed by atoms with Gasteiger partial charge in [0, 0.05) is 75.1 Å². The number of nitrogens with zero attached hydrogens (tertiary/aromatic N) is 5. The van der Waals surface area contributed by atoms with Gasteiger partial charge < -0.3 is 13.9 Å². The van der Waals surface area contributed by atoms with E-state index >= 15 is 0 Å². The molecule has 0 spiro atoms. The van der Waals surface area contributed by atoms with Crippen molar-refractivity contribution in [3.63, 3.8) is 0 Å². The summed E-state index contributed by atoms with van der Waals surface area (Å²) in [5, 5.41) is 6.80. The Kier molecular flexibility index (Phi) is 8.87. The Hall–Kier alpha value is -9.17. The van der Waals surface area contributed by atoms with Gasteiger partial charge in [0.1, 0.15) is 11.2 Å². The highest BCUT2D eigenvalue weighted by molar-refractivity contribution is 7.26. The van der Waals surface area contributed by atoms with Gasteiger partial charge in [-0.1, -0.05) is 171 Å². The molecule has 0 fully saturated rings. The molecule has 4 aromatic heterocycles. The summed E-state index contributed by atoms with van der Waals surface area (Å²) in [6, 6.07) is 70.2. The van der Waals surface area contributed by atoms with Gasteiger partial charge >= 0.3 is 0 Å². The number of hydrogen-bond acceptors (Lipinski definition) is 6. The molecule has 0 bridgehead atoms. The third kappa shape index (κ3) is 5.73. The lowest BCUT2D eigenvalue weighted by Crippen LogP contribution is -2.55. The van der Waals surface area contributed by atoms with Gasteiger partial charge in [-0.3, -0.25) is 0 Å². The van der Waals surface area contributed by atoms with Crippen molar-refractivity contribution in [3.05, 3.63) is 235 Å². The van der Waals surface area contributed by atoms with Gasteiger partial charge in [0.25, 0.3) is 0 Å². The first kappa shape index (κ1) is 44.0. The van der Waals surface area contributed by atoms with Crippen molar-refractivity contribution in [2.45, 2.75) is 38.6 Å². The maximum Gasteiger partial charge on any atom is 0.166 e. The Labute approximate surface area is 454 Å². The highest BCUT2D eigenvalue weighted by Gasteiger charge is 2.61. The molecule has 6 heterocycles. The molecule has 370 valence electrons. The Morgan fingerprint density at radius 3 is 2.08 bits per heavy atom. The lowest BCUT2D eigenvalue weighted by Gasteiger charge is -2.57. The molecular weight excluding hydrogens is 971 g/mol. The van der Waals surface area contributed by atoms with Crippen LogP contribution in [0.4, 0.5) is 11.4 Å². The number of hydrogen-bond donors (Lipinski definition) is 0. The normalized spacial score (nSPS) is 20.1. The fraction of sp³-hybridized carbons (Fsp3) is 0.113. The van der Waals surface area contributed by atoms with Crippen LogP contribution in [0.1, 0.15) is 38.8 Å². The summed E-state index contributed by atoms with van der Waals surface area (Å²) in [6.45, 7) is 9.75. The zero-order valence-electron chi connectivity index (χ0n) is 43.4. The van der Waals surface area contributed by atoms with Crippen LogP contribution >= 0.6 is 11.3 Å². The fourth-order valence-electron chi connectivity index (χ4n) is 14.7. The molecule has 4 unspecified atom stereocenters. The molecule has 0 saturated carbocycles. The Bertz CT molecular complexity index is 4900. The van der Waals surface area contributed by atoms with E-state index in [1.807, 2.05) is 12.1 Å². The monoisotopic (exact) mass is 1020 g/mol. The molecule has 0 N–H and O–H groups in total. The van der Waals surface area contributed by atoms with Gasteiger partial charge in [0.15, 0.2) is 17.5 Å². The molecular formula is C71H49N5OS. The molecule has 13 aromatic rings. The maximum atomic E-state index is 6.36. The van der Waals surface area contributed by atoms with E-state index in [2.05, 4.69) is 237 Å². The molecule has 2 aliphatic carbocycles. The van der Waals surface area contributed by atoms with Crippen molar-refractivity contribution in [1.82, 2.24) is 19.5 Å². The molecule has 78 heavy (non-hydrogen) atoms. The maximum absolute atomic E-state index is 6.36. The summed E-state index contributed by atoms with van der Waals surface area (Å²) in [4.78, 5) is 19.4. The van der Waals surface area contributed by atoms with Crippen LogP contribution in [-0.2, 0) is 5.41 Å². The average molecular weight is 1020 g/mol. The number of allylic oxidation sites excluding steroid dienone is 4. The fourth-order valence-corrected chi connectivity index (χ4v) is 16.0. The summed E-state index contributed by atoms with van der Waals surface area (Å²) >= 11 is 1.80. The minimum atomic E-state index is -0.418. The number of furan rings is 1. The van der Waals surface area contributed by atoms with Crippen LogP contribution in [0, 0.1) is 11.8 Å². The molecule has 17 rings (SSSR count). The predicted octanol–water partition coefficient (Wildman–Crippen LogP) is 18.6. The second kappa shape index (κ2) is 15.7. The molecule has 9 aromatic carbocycles. The molecule has 4 aliphatic rings. The lowest BCUT2D eigenvalue weighted by atomic mass is 9.55. The SMILES string of the molecule is CC1C=CC2(C)C3=C1C(C)C=C1c4cccc(-n5c6ccccc6c6cccc(-c7nc(-c8ccc9oc%10ccccc%10c9c8)nc(-c8cccc9c8sc8cccc(-c%10ccccc%10)c89)n7)c65)c4N(c4ccccc42)C13C. The van der Waals surface area contributed by atoms with Crippen LogP contribution in [0.2, 0.25) is 0 Å². The molecule has 6 nitrogen and oxygen atoms in total. The van der Waals surface area contributed by atoms with Crippen LogP contribution in [0.15, 0.2) is 228 Å². The Balaban J connectivity index is 0.946. The summed E-state index contributed by atoms with van der Waals surface area (Å²) in [6.07, 6.45) is 7.55. The zero-order chi connectivity index (χ0) is 51.8. The highest BCUT2D eigenvalue weighted by atomic mass is 32.1. The number of aromatic nitrogens is 4. The van der Waals surface area contributed by atoms with Crippen LogP contribution in [-0.4, -0.2) is 25.1 Å². The van der Waals surface area contributed by atoms with E-state index in [4.69, 9.17) is 19.4 Å². The number of rotatable bonds is 5. The van der Waals surface area contributed by atoms with Crippen molar-refractivity contribution >= 4 is 92.2 Å². The minimum Gasteiger partial charge on any atom is -0.456 e. The van der Waals surface area contributed by atoms with Crippen molar-refractivity contribution in [2.24, 2.45) is 11.8 Å². The third-order valence-electron chi connectivity index (χ3n) is 17.9. The minimum absolute atomic E-state index is 0.257. The quantitative estimate of drug-likeness (QED) is 0.161. The van der Waals surface area contributed by atoms with Crippen molar-refractivity contribution in [3.8, 4) is 51.0 Å². The van der Waals surface area contributed by atoms with Crippen molar-refractivity contribution < 1.29 is 4.42 Å². The van der Waals surface area contributed by atoms with Crippen LogP contribution < -0.4 is 4.90 Å². The van der Waals surface area contributed by atoms with E-state index in [9.17, 15) is 0 Å². The van der Waals surface area contributed by atoms with E-state index in [-0.39, 0.29) is 11.3 Å². The first-order valence-electron chi connectivity index (χ1n) is 27.2. The van der Waals surface area contributed by atoms with Crippen LogP contribution in [0.25, 0.3) is 120 Å². The van der Waals surface area contributed by atoms with Gasteiger partial charge in [-0.15, -0.1) is 11.3 Å². The number of fused-ring (bicyclic) bond motifs is 15. The Morgan fingerprint density at radius 2 is 1.19 bits per heavy atom. The Morgan fingerprint density at radius 1 is 0.526 bits per heavy atom. The second-order valence-electron chi connectivity index (χ2n) is 22.1. The summed E-state index contributed by atoms with van der Waals surface area (Å²) < 4.78 is 11.2. The predicted molar refractivity (Wildman–Crippen MR) is 323 cm³/mol. The topological polar surface area (TPSA) is 60.0 Å². The van der Waals surface area contributed by atoms with E-state index in [0.29, 0.717) is 23.4 Å². The average Bonchev–Trinajstić information content (AvgIpc) is 2.48. The van der Waals surface area contributed by atoms with Gasteiger partial charge in [0.2, 0.25) is 0 Å². The van der Waals surface area contributed by atoms with Crippen LogP contribution in [0.5, 0.6) is 0 Å². The zero-order valence-corrected chi connectivity index (χ0v) is 44.2. The number of anilines is 2. The summed E-state index contributed by atoms with van der Waals surface area (Å²) in [5.74, 6) is 2.44. The standard InChI is InChI=1S/C71H49N5OS/c1-40-36-37-70(3)53-28-10-12-30-56(53)76-64-48(54-38-41(2)61(40)66(70)71(54,76)4)24-16-31-57(64)75-55-29-11-8-20-45(55)47-23-14-26-50(63(47)75)68-72-67(43-34-35-59-52(39-43)46-21-9-13-32-58(46)77-59)73-69(74-68)51-27-15-25-49-62-44(42-18-6-5-7-19-42)22-17-33-60(62)78-65(49)51/h5-41H,1-4H3. The molecule has 0 radical (unpaired) electrons. The summed E-state index contributed by atoms with van der Waals surface area (Å²) in [5.41, 5.74) is 19.0. The molecule has 0 saturated heterocycles. The largest absolute Gasteiger partial charge is 0.456 e. The van der Waals surface area contributed by atoms with E-state index in [0.717, 1.165) is 65.4 Å². The molecule has 0 amide bonds. The van der Waals surface area contributed by atoms with Gasteiger partial charge in [-0.2, -0.15) is 0 Å². The van der Waals surface area contributed by atoms with Gasteiger partial charge in [-0.25, -0.2) is 15.0 Å².